The van der Waals surface area contributed by atoms with E-state index in [4.69, 9.17) is 38.0 Å². The van der Waals surface area contributed by atoms with Crippen molar-refractivity contribution in [2.24, 2.45) is 11.5 Å². The molecular formula is C25H47N3O8Si2. The Morgan fingerprint density at radius 3 is 1.16 bits per heavy atom. The molecule has 0 atom stereocenters. The number of aryl methyl sites for hydroxylation is 2. The Kier molecular flexibility index (Phi) is 16.1. The van der Waals surface area contributed by atoms with Crippen molar-refractivity contribution in [3.05, 3.63) is 28.6 Å². The lowest BCUT2D eigenvalue weighted by Gasteiger charge is -2.28. The zero-order valence-electron chi connectivity index (χ0n) is 23.9. The Balaban J connectivity index is 3.21. The number of nitrogens with two attached hydrogens (primary N) is 2. The molecule has 0 aliphatic heterocycles. The van der Waals surface area contributed by atoms with Gasteiger partial charge < -0.3 is 38.0 Å². The van der Waals surface area contributed by atoms with E-state index in [9.17, 15) is 9.59 Å². The Hall–Kier alpha value is -1.72. The van der Waals surface area contributed by atoms with E-state index in [-0.39, 0.29) is 11.4 Å². The molecule has 0 bridgehead atoms. The van der Waals surface area contributed by atoms with E-state index < -0.39 is 29.4 Å². The van der Waals surface area contributed by atoms with Crippen LogP contribution >= 0.6 is 0 Å². The number of rotatable bonds is 22. The average Bonchev–Trinajstić information content (AvgIpc) is 2.85. The number of carbonyl (C=O) groups excluding carboxylic acids is 2. The molecule has 4 N–H and O–H groups in total. The van der Waals surface area contributed by atoms with Crippen molar-refractivity contribution in [1.29, 1.82) is 0 Å². The topological polar surface area (TPSA) is 154 Å². The molecule has 11 nitrogen and oxygen atoms in total. The lowest BCUT2D eigenvalue weighted by Crippen LogP contribution is -2.46. The SMILES string of the molecule is CCO[Si](CCCc1cc(CCC[Si](OCC)(OCC)OCC)c(C(N)=O)nc1C(N)=O)(OCC)OCC. The number of aromatic nitrogens is 1. The summed E-state index contributed by atoms with van der Waals surface area (Å²) in [5.74, 6) is -1.43. The van der Waals surface area contributed by atoms with E-state index >= 15 is 0 Å². The summed E-state index contributed by atoms with van der Waals surface area (Å²) in [5.41, 5.74) is 12.6. The van der Waals surface area contributed by atoms with Crippen LogP contribution in [0, 0.1) is 0 Å². The monoisotopic (exact) mass is 573 g/mol. The molecular weight excluding hydrogens is 526 g/mol. The molecule has 1 aromatic heterocycles. The number of primary amides is 2. The maximum absolute atomic E-state index is 12.2. The zero-order valence-corrected chi connectivity index (χ0v) is 25.9. The van der Waals surface area contributed by atoms with Crippen LogP contribution in [0.1, 0.15) is 86.5 Å². The minimum absolute atomic E-state index is 0.0423. The van der Waals surface area contributed by atoms with E-state index in [0.717, 1.165) is 0 Å². The normalized spacial score (nSPS) is 12.2. The van der Waals surface area contributed by atoms with Gasteiger partial charge in [-0.25, -0.2) is 4.98 Å². The molecule has 13 heteroatoms. The summed E-state index contributed by atoms with van der Waals surface area (Å²) in [5, 5.41) is 0. The van der Waals surface area contributed by atoms with Gasteiger partial charge in [0.1, 0.15) is 11.4 Å². The number of hydrogen-bond acceptors (Lipinski definition) is 9. The van der Waals surface area contributed by atoms with Gasteiger partial charge >= 0.3 is 17.6 Å². The van der Waals surface area contributed by atoms with Gasteiger partial charge in [-0.1, -0.05) is 6.07 Å². The number of nitrogens with zero attached hydrogens (tertiary/aromatic N) is 1. The lowest BCUT2D eigenvalue weighted by molar-refractivity contribution is 0.0700. The molecule has 0 aliphatic rings. The van der Waals surface area contributed by atoms with Gasteiger partial charge in [0, 0.05) is 51.7 Å². The molecule has 0 radical (unpaired) electrons. The fraction of sp³-hybridized carbons (Fsp3) is 0.720. The number of amides is 2. The molecule has 0 unspecified atom stereocenters. The molecule has 0 fully saturated rings. The van der Waals surface area contributed by atoms with Crippen molar-refractivity contribution >= 4 is 29.4 Å². The fourth-order valence-corrected chi connectivity index (χ4v) is 9.63. The van der Waals surface area contributed by atoms with Crippen molar-refractivity contribution in [2.45, 2.75) is 79.3 Å². The van der Waals surface area contributed by atoms with E-state index in [0.29, 0.717) is 88.5 Å². The summed E-state index contributed by atoms with van der Waals surface area (Å²) in [7, 11) is -5.70. The van der Waals surface area contributed by atoms with Crippen LogP contribution in [0.4, 0.5) is 0 Å². The van der Waals surface area contributed by atoms with Crippen molar-refractivity contribution in [3.63, 3.8) is 0 Å². The van der Waals surface area contributed by atoms with Gasteiger partial charge in [0.25, 0.3) is 11.8 Å². The molecule has 0 aliphatic carbocycles. The van der Waals surface area contributed by atoms with Crippen LogP contribution < -0.4 is 11.5 Å². The van der Waals surface area contributed by atoms with E-state index in [2.05, 4.69) is 4.98 Å². The molecule has 0 spiro atoms. The van der Waals surface area contributed by atoms with Crippen LogP contribution in [0.3, 0.4) is 0 Å². The van der Waals surface area contributed by atoms with Gasteiger partial charge in [0.05, 0.1) is 0 Å². The molecule has 38 heavy (non-hydrogen) atoms. The summed E-state index contributed by atoms with van der Waals surface area (Å²) in [6.07, 6.45) is 2.21. The van der Waals surface area contributed by atoms with Gasteiger partial charge in [-0.2, -0.15) is 0 Å². The first-order chi connectivity index (χ1) is 18.2. The Morgan fingerprint density at radius 1 is 0.632 bits per heavy atom. The second-order valence-electron chi connectivity index (χ2n) is 8.40. The highest BCUT2D eigenvalue weighted by molar-refractivity contribution is 6.61. The smallest absolute Gasteiger partial charge is 0.374 e. The quantitative estimate of drug-likeness (QED) is 0.199. The first-order valence-electron chi connectivity index (χ1n) is 13.6. The first kappa shape index (κ1) is 34.3. The largest absolute Gasteiger partial charge is 0.500 e. The van der Waals surface area contributed by atoms with Crippen LogP contribution in [0.25, 0.3) is 0 Å². The van der Waals surface area contributed by atoms with Crippen LogP contribution in [0.5, 0.6) is 0 Å². The Morgan fingerprint density at radius 2 is 0.921 bits per heavy atom. The Bertz CT molecular complexity index is 776. The van der Waals surface area contributed by atoms with E-state index in [1.54, 1.807) is 0 Å². The van der Waals surface area contributed by atoms with Gasteiger partial charge in [0.15, 0.2) is 0 Å². The number of pyridine rings is 1. The first-order valence-corrected chi connectivity index (χ1v) is 17.5. The third-order valence-corrected chi connectivity index (χ3v) is 12.0. The maximum Gasteiger partial charge on any atom is 0.500 e. The van der Waals surface area contributed by atoms with Crippen LogP contribution in [0.2, 0.25) is 12.1 Å². The minimum Gasteiger partial charge on any atom is -0.374 e. The molecule has 0 saturated heterocycles. The summed E-state index contributed by atoms with van der Waals surface area (Å²) in [6, 6.07) is 2.95. The van der Waals surface area contributed by atoms with E-state index in [1.165, 1.54) is 0 Å². The molecule has 0 saturated carbocycles. The average molecular weight is 574 g/mol. The third kappa shape index (κ3) is 10.5. The molecule has 1 heterocycles. The maximum atomic E-state index is 12.2. The van der Waals surface area contributed by atoms with Gasteiger partial charge in [0.2, 0.25) is 0 Å². The molecule has 0 aromatic carbocycles. The highest BCUT2D eigenvalue weighted by atomic mass is 28.4. The van der Waals surface area contributed by atoms with Gasteiger partial charge in [-0.15, -0.1) is 0 Å². The summed E-state index contributed by atoms with van der Waals surface area (Å²) in [6.45, 7) is 14.3. The molecule has 218 valence electrons. The highest BCUT2D eigenvalue weighted by Crippen LogP contribution is 2.25. The standard InChI is InChI=1S/C25H47N3O8Si2/c1-7-31-37(32-8-2,33-9-3)17-13-15-20-19-21(23(25(27)30)28-22(20)24(26)29)16-14-18-38(34-10-4,35-11-5)36-12-6/h19H,7-18H2,1-6H3,(H2,26,29)(H2,27,30). The summed E-state index contributed by atoms with van der Waals surface area (Å²) in [4.78, 5) is 28.8. The predicted octanol–water partition coefficient (Wildman–Crippen LogP) is 3.24. The van der Waals surface area contributed by atoms with Crippen LogP contribution in [-0.4, -0.2) is 74.0 Å². The molecule has 1 rings (SSSR count). The predicted molar refractivity (Wildman–Crippen MR) is 149 cm³/mol. The van der Waals surface area contributed by atoms with Crippen molar-refractivity contribution in [1.82, 2.24) is 4.98 Å². The fourth-order valence-electron chi connectivity index (χ4n) is 4.40. The number of hydrogen-bond donors (Lipinski definition) is 2. The van der Waals surface area contributed by atoms with E-state index in [1.807, 2.05) is 47.6 Å². The Labute approximate surface area is 229 Å². The van der Waals surface area contributed by atoms with Gasteiger partial charge in [-0.3, -0.25) is 9.59 Å². The third-order valence-electron chi connectivity index (χ3n) is 5.69. The molecule has 1 aromatic rings. The van der Waals surface area contributed by atoms with Crippen LogP contribution in [0.15, 0.2) is 6.07 Å². The van der Waals surface area contributed by atoms with Crippen molar-refractivity contribution in [2.75, 3.05) is 39.6 Å². The zero-order chi connectivity index (χ0) is 28.6. The molecule has 2 amide bonds. The summed E-state index contributed by atoms with van der Waals surface area (Å²) >= 11 is 0. The second kappa shape index (κ2) is 17.8. The van der Waals surface area contributed by atoms with Gasteiger partial charge in [-0.05, 0) is 78.4 Å². The van der Waals surface area contributed by atoms with Crippen molar-refractivity contribution in [3.8, 4) is 0 Å². The lowest BCUT2D eigenvalue weighted by atomic mass is 10.00. The minimum atomic E-state index is -2.85. The van der Waals surface area contributed by atoms with Crippen molar-refractivity contribution < 1.29 is 36.1 Å². The number of carbonyl (C=O) groups is 2. The van der Waals surface area contributed by atoms with Crippen LogP contribution in [-0.2, 0) is 39.4 Å². The second-order valence-corrected chi connectivity index (χ2v) is 13.9. The summed E-state index contributed by atoms with van der Waals surface area (Å²) < 4.78 is 35.6. The highest BCUT2D eigenvalue weighted by Gasteiger charge is 2.40.